The third-order valence-electron chi connectivity index (χ3n) is 5.29. The summed E-state index contributed by atoms with van der Waals surface area (Å²) < 4.78 is 1.83. The van der Waals surface area contributed by atoms with Crippen LogP contribution in [-0.4, -0.2) is 37.1 Å². The third-order valence-corrected chi connectivity index (χ3v) is 5.29. The molecule has 0 bridgehead atoms. The van der Waals surface area contributed by atoms with Crippen LogP contribution in [0.5, 0.6) is 0 Å². The van der Waals surface area contributed by atoms with Gasteiger partial charge in [-0.2, -0.15) is 5.10 Å². The van der Waals surface area contributed by atoms with Gasteiger partial charge in [0.1, 0.15) is 5.69 Å². The molecule has 0 fully saturated rings. The van der Waals surface area contributed by atoms with E-state index in [0.29, 0.717) is 31.2 Å². The minimum absolute atomic E-state index is 0.0329. The van der Waals surface area contributed by atoms with Crippen molar-refractivity contribution in [2.45, 2.75) is 46.2 Å². The van der Waals surface area contributed by atoms with E-state index in [1.165, 1.54) is 5.56 Å². The molecule has 1 aliphatic rings. The summed E-state index contributed by atoms with van der Waals surface area (Å²) in [5.74, 6) is 0.618. The van der Waals surface area contributed by atoms with Crippen LogP contribution in [0.2, 0.25) is 0 Å². The van der Waals surface area contributed by atoms with Gasteiger partial charge in [-0.05, 0) is 30.9 Å². The number of H-pyrrole nitrogens is 1. The number of benzene rings is 1. The highest BCUT2D eigenvalue weighted by atomic mass is 16.2. The van der Waals surface area contributed by atoms with E-state index in [1.54, 1.807) is 6.33 Å². The van der Waals surface area contributed by atoms with E-state index >= 15 is 0 Å². The summed E-state index contributed by atoms with van der Waals surface area (Å²) >= 11 is 0. The molecule has 0 saturated carbocycles. The molecule has 1 N–H and O–H groups in total. The second kappa shape index (κ2) is 7.62. The molecular weight excluding hydrogens is 350 g/mol. The number of carbonyl (C=O) groups is 1. The van der Waals surface area contributed by atoms with Crippen molar-refractivity contribution in [1.82, 2.24) is 24.6 Å². The fourth-order valence-electron chi connectivity index (χ4n) is 3.99. The van der Waals surface area contributed by atoms with Crippen molar-refractivity contribution in [2.24, 2.45) is 5.92 Å². The van der Waals surface area contributed by atoms with E-state index in [0.717, 1.165) is 23.5 Å². The summed E-state index contributed by atoms with van der Waals surface area (Å²) in [5, 5.41) is 4.65. The number of carbonyl (C=O) groups excluding carboxylic acids is 1. The van der Waals surface area contributed by atoms with Crippen LogP contribution in [0.25, 0.3) is 0 Å². The van der Waals surface area contributed by atoms with Crippen molar-refractivity contribution in [3.63, 3.8) is 0 Å². The van der Waals surface area contributed by atoms with Gasteiger partial charge in [0, 0.05) is 19.0 Å². The average Bonchev–Trinajstić information content (AvgIpc) is 3.33. The molecule has 28 heavy (non-hydrogen) atoms. The molecular formula is C22H27N5O. The Balaban J connectivity index is 1.65. The summed E-state index contributed by atoms with van der Waals surface area (Å²) in [6.07, 6.45) is 2.61. The van der Waals surface area contributed by atoms with Gasteiger partial charge in [0.05, 0.1) is 30.0 Å². The minimum atomic E-state index is 0.0329. The SMILES string of the molecule is CCn1nc(CC(C)C)cc1C(=O)N1Cc2[nH]cnc2C(c2ccccc2)C1. The van der Waals surface area contributed by atoms with Gasteiger partial charge in [0.25, 0.3) is 5.91 Å². The van der Waals surface area contributed by atoms with E-state index in [9.17, 15) is 4.79 Å². The summed E-state index contributed by atoms with van der Waals surface area (Å²) in [4.78, 5) is 23.1. The maximum atomic E-state index is 13.4. The summed E-state index contributed by atoms with van der Waals surface area (Å²) in [5.41, 5.74) is 4.89. The van der Waals surface area contributed by atoms with Crippen LogP contribution >= 0.6 is 0 Å². The lowest BCUT2D eigenvalue weighted by molar-refractivity contribution is 0.0709. The summed E-state index contributed by atoms with van der Waals surface area (Å²) in [6, 6.07) is 12.3. The number of rotatable bonds is 5. The second-order valence-electron chi connectivity index (χ2n) is 7.85. The van der Waals surface area contributed by atoms with Gasteiger partial charge < -0.3 is 9.88 Å². The van der Waals surface area contributed by atoms with E-state index in [2.05, 4.69) is 41.0 Å². The molecule has 0 saturated heterocycles. The largest absolute Gasteiger partial charge is 0.347 e. The van der Waals surface area contributed by atoms with Gasteiger partial charge in [-0.3, -0.25) is 9.48 Å². The van der Waals surface area contributed by atoms with Crippen LogP contribution < -0.4 is 0 Å². The van der Waals surface area contributed by atoms with E-state index < -0.39 is 0 Å². The number of aromatic nitrogens is 4. The van der Waals surface area contributed by atoms with Crippen molar-refractivity contribution >= 4 is 5.91 Å². The second-order valence-corrected chi connectivity index (χ2v) is 7.85. The Labute approximate surface area is 165 Å². The Morgan fingerprint density at radius 3 is 2.79 bits per heavy atom. The highest BCUT2D eigenvalue weighted by molar-refractivity contribution is 5.93. The smallest absolute Gasteiger partial charge is 0.272 e. The molecule has 4 rings (SSSR count). The number of fused-ring (bicyclic) bond motifs is 1. The number of nitrogens with one attached hydrogen (secondary N) is 1. The van der Waals surface area contributed by atoms with E-state index in [4.69, 9.17) is 0 Å². The zero-order valence-corrected chi connectivity index (χ0v) is 16.7. The van der Waals surface area contributed by atoms with Crippen molar-refractivity contribution in [1.29, 1.82) is 0 Å². The highest BCUT2D eigenvalue weighted by Crippen LogP contribution is 2.32. The lowest BCUT2D eigenvalue weighted by atomic mass is 9.91. The van der Waals surface area contributed by atoms with Crippen LogP contribution in [0.15, 0.2) is 42.7 Å². The van der Waals surface area contributed by atoms with Crippen molar-refractivity contribution < 1.29 is 4.79 Å². The first-order valence-corrected chi connectivity index (χ1v) is 9.99. The minimum Gasteiger partial charge on any atom is -0.347 e. The number of hydrogen-bond donors (Lipinski definition) is 1. The Kier molecular flexibility index (Phi) is 5.03. The number of nitrogens with zero attached hydrogens (tertiary/aromatic N) is 4. The molecule has 0 spiro atoms. The third kappa shape index (κ3) is 3.46. The summed E-state index contributed by atoms with van der Waals surface area (Å²) in [7, 11) is 0. The lowest BCUT2D eigenvalue weighted by Crippen LogP contribution is -2.39. The Morgan fingerprint density at radius 1 is 1.29 bits per heavy atom. The Bertz CT molecular complexity index is 956. The first-order chi connectivity index (χ1) is 13.6. The maximum absolute atomic E-state index is 13.4. The van der Waals surface area contributed by atoms with Crippen molar-refractivity contribution in [2.75, 3.05) is 6.54 Å². The normalized spacial score (nSPS) is 16.4. The van der Waals surface area contributed by atoms with Gasteiger partial charge in [0.15, 0.2) is 0 Å². The molecule has 0 aliphatic carbocycles. The van der Waals surface area contributed by atoms with Crippen LogP contribution in [0, 0.1) is 5.92 Å². The molecule has 1 unspecified atom stereocenters. The molecule has 6 nitrogen and oxygen atoms in total. The molecule has 1 aromatic carbocycles. The van der Waals surface area contributed by atoms with Gasteiger partial charge in [0.2, 0.25) is 0 Å². The molecule has 0 radical (unpaired) electrons. The number of amides is 1. The number of aryl methyl sites for hydroxylation is 1. The number of hydrogen-bond acceptors (Lipinski definition) is 3. The zero-order valence-electron chi connectivity index (χ0n) is 16.7. The van der Waals surface area contributed by atoms with Crippen LogP contribution in [0.1, 0.15) is 59.8 Å². The van der Waals surface area contributed by atoms with Gasteiger partial charge >= 0.3 is 0 Å². The molecule has 1 amide bonds. The van der Waals surface area contributed by atoms with Crippen LogP contribution in [0.3, 0.4) is 0 Å². The van der Waals surface area contributed by atoms with Crippen LogP contribution in [-0.2, 0) is 19.5 Å². The van der Waals surface area contributed by atoms with Crippen molar-refractivity contribution in [3.05, 3.63) is 71.1 Å². The van der Waals surface area contributed by atoms with Gasteiger partial charge in [-0.1, -0.05) is 44.2 Å². The molecule has 3 heterocycles. The first kappa shape index (κ1) is 18.5. The number of imidazole rings is 1. The highest BCUT2D eigenvalue weighted by Gasteiger charge is 2.33. The van der Waals surface area contributed by atoms with Gasteiger partial charge in [-0.15, -0.1) is 0 Å². The zero-order chi connectivity index (χ0) is 19.7. The molecule has 6 heteroatoms. The summed E-state index contributed by atoms with van der Waals surface area (Å²) in [6.45, 7) is 8.22. The Morgan fingerprint density at radius 2 is 2.07 bits per heavy atom. The lowest BCUT2D eigenvalue weighted by Gasteiger charge is -2.32. The molecule has 1 atom stereocenters. The first-order valence-electron chi connectivity index (χ1n) is 9.99. The topological polar surface area (TPSA) is 66.8 Å². The maximum Gasteiger partial charge on any atom is 0.272 e. The Hall–Kier alpha value is -2.89. The standard InChI is InChI=1S/C22H27N5O/c1-4-27-20(11-17(25-27)10-15(2)3)22(28)26-12-18(16-8-6-5-7-9-16)21-19(13-26)23-14-24-21/h5-9,11,14-15,18H,4,10,12-13H2,1-3H3,(H,23,24). The quantitative estimate of drug-likeness (QED) is 0.739. The van der Waals surface area contributed by atoms with Crippen molar-refractivity contribution in [3.8, 4) is 0 Å². The predicted octanol–water partition coefficient (Wildman–Crippen LogP) is 3.61. The molecule has 1 aliphatic heterocycles. The van der Waals surface area contributed by atoms with E-state index in [1.807, 2.05) is 40.8 Å². The van der Waals surface area contributed by atoms with Gasteiger partial charge in [-0.25, -0.2) is 4.98 Å². The fourth-order valence-corrected chi connectivity index (χ4v) is 3.99. The molecule has 2 aromatic heterocycles. The predicted molar refractivity (Wildman–Crippen MR) is 108 cm³/mol. The monoisotopic (exact) mass is 377 g/mol. The van der Waals surface area contributed by atoms with Crippen LogP contribution in [0.4, 0.5) is 0 Å². The molecule has 3 aromatic rings. The van der Waals surface area contributed by atoms with E-state index in [-0.39, 0.29) is 11.8 Å². The average molecular weight is 377 g/mol. The molecule has 146 valence electrons. The fraction of sp³-hybridized carbons (Fsp3) is 0.409. The number of aromatic amines is 1.